The zero-order valence-corrected chi connectivity index (χ0v) is 11.7. The van der Waals surface area contributed by atoms with Crippen LogP contribution >= 0.6 is 12.2 Å². The Labute approximate surface area is 117 Å². The van der Waals surface area contributed by atoms with E-state index < -0.39 is 4.92 Å². The number of ether oxygens (including phenoxy) is 1. The molecule has 0 N–H and O–H groups in total. The molecule has 1 aromatic carbocycles. The molecule has 2 atom stereocenters. The lowest BCUT2D eigenvalue weighted by atomic mass is 10.1. The van der Waals surface area contributed by atoms with Crippen LogP contribution in [-0.2, 0) is 4.74 Å². The van der Waals surface area contributed by atoms with E-state index in [4.69, 9.17) is 17.0 Å². The predicted molar refractivity (Wildman–Crippen MR) is 76.4 cm³/mol. The minimum atomic E-state index is -0.411. The molecule has 1 aliphatic heterocycles. The highest BCUT2D eigenvalue weighted by Gasteiger charge is 2.24. The van der Waals surface area contributed by atoms with Gasteiger partial charge >= 0.3 is 0 Å². The van der Waals surface area contributed by atoms with Gasteiger partial charge in [0.15, 0.2) is 0 Å². The molecule has 1 aliphatic rings. The van der Waals surface area contributed by atoms with Crippen LogP contribution in [0.15, 0.2) is 24.3 Å². The fourth-order valence-electron chi connectivity index (χ4n) is 2.25. The number of hydrogen-bond acceptors (Lipinski definition) is 4. The highest BCUT2D eigenvalue weighted by molar-refractivity contribution is 7.80. The standard InChI is InChI=1S/C13H16N2O3S/c1-9-7-14(8-10(2)18-9)13(19)11-3-5-12(6-4-11)15(16)17/h3-6,9-10H,7-8H2,1-2H3/t9-,10-/m1/s1. The fraction of sp³-hybridized carbons (Fsp3) is 0.462. The molecule has 0 aliphatic carbocycles. The third kappa shape index (κ3) is 3.27. The molecule has 0 bridgehead atoms. The van der Waals surface area contributed by atoms with Crippen LogP contribution in [-0.4, -0.2) is 40.1 Å². The Bertz CT molecular complexity index is 479. The SMILES string of the molecule is C[C@@H]1CN(C(=S)c2ccc([N+](=O)[O-])cc2)C[C@@H](C)O1. The maximum Gasteiger partial charge on any atom is 0.269 e. The zero-order chi connectivity index (χ0) is 14.0. The van der Waals surface area contributed by atoms with Gasteiger partial charge in [-0.15, -0.1) is 0 Å². The van der Waals surface area contributed by atoms with Gasteiger partial charge in [-0.3, -0.25) is 10.1 Å². The number of hydrogen-bond donors (Lipinski definition) is 0. The molecule has 0 aromatic heterocycles. The van der Waals surface area contributed by atoms with E-state index in [1.54, 1.807) is 12.1 Å². The van der Waals surface area contributed by atoms with E-state index >= 15 is 0 Å². The Morgan fingerprint density at radius 1 is 1.32 bits per heavy atom. The minimum Gasteiger partial charge on any atom is -0.372 e. The first kappa shape index (κ1) is 13.9. The smallest absolute Gasteiger partial charge is 0.269 e. The van der Waals surface area contributed by atoms with Crippen LogP contribution < -0.4 is 0 Å². The van der Waals surface area contributed by atoms with Gasteiger partial charge in [0, 0.05) is 30.8 Å². The van der Waals surface area contributed by atoms with Crippen LogP contribution in [0.25, 0.3) is 0 Å². The second kappa shape index (κ2) is 5.63. The van der Waals surface area contributed by atoms with Crippen LogP contribution in [0.4, 0.5) is 5.69 Å². The first-order valence-corrected chi connectivity index (χ1v) is 6.57. The molecule has 0 radical (unpaired) electrons. The van der Waals surface area contributed by atoms with E-state index in [0.29, 0.717) is 0 Å². The van der Waals surface area contributed by atoms with Crippen molar-refractivity contribution in [1.82, 2.24) is 4.90 Å². The van der Waals surface area contributed by atoms with Crippen molar-refractivity contribution in [2.24, 2.45) is 0 Å². The molecule has 0 amide bonds. The maximum atomic E-state index is 10.6. The predicted octanol–water partition coefficient (Wildman–Crippen LogP) is 2.38. The molecule has 19 heavy (non-hydrogen) atoms. The maximum absolute atomic E-state index is 10.6. The van der Waals surface area contributed by atoms with Crippen molar-refractivity contribution in [1.29, 1.82) is 0 Å². The molecular weight excluding hydrogens is 264 g/mol. The number of nitrogens with zero attached hydrogens (tertiary/aromatic N) is 2. The normalized spacial score (nSPS) is 23.2. The summed E-state index contributed by atoms with van der Waals surface area (Å²) in [6.45, 7) is 5.53. The molecule has 2 rings (SSSR count). The molecule has 6 heteroatoms. The minimum absolute atomic E-state index is 0.0789. The lowest BCUT2D eigenvalue weighted by Crippen LogP contribution is -2.47. The molecule has 1 fully saturated rings. The third-order valence-corrected chi connectivity index (χ3v) is 3.53. The topological polar surface area (TPSA) is 55.6 Å². The molecule has 1 saturated heterocycles. The monoisotopic (exact) mass is 280 g/mol. The van der Waals surface area contributed by atoms with Crippen molar-refractivity contribution in [2.75, 3.05) is 13.1 Å². The van der Waals surface area contributed by atoms with Crippen LogP contribution in [0.1, 0.15) is 19.4 Å². The summed E-state index contributed by atoms with van der Waals surface area (Å²) in [6.07, 6.45) is 0.277. The van der Waals surface area contributed by atoms with Gasteiger partial charge in [0.05, 0.1) is 17.1 Å². The van der Waals surface area contributed by atoms with Crippen molar-refractivity contribution in [3.8, 4) is 0 Å². The van der Waals surface area contributed by atoms with Crippen molar-refractivity contribution in [2.45, 2.75) is 26.1 Å². The first-order chi connectivity index (χ1) is 8.97. The molecule has 0 saturated carbocycles. The number of non-ortho nitro benzene ring substituents is 1. The largest absolute Gasteiger partial charge is 0.372 e. The summed E-state index contributed by atoms with van der Waals surface area (Å²) in [5.74, 6) is 0. The van der Waals surface area contributed by atoms with Gasteiger partial charge in [-0.2, -0.15) is 0 Å². The van der Waals surface area contributed by atoms with Gasteiger partial charge in [-0.25, -0.2) is 0 Å². The molecule has 1 aromatic rings. The summed E-state index contributed by atoms with van der Waals surface area (Å²) >= 11 is 5.46. The number of benzene rings is 1. The second-order valence-electron chi connectivity index (χ2n) is 4.77. The van der Waals surface area contributed by atoms with Gasteiger partial charge < -0.3 is 9.64 Å². The average Bonchev–Trinajstić information content (AvgIpc) is 2.37. The van der Waals surface area contributed by atoms with E-state index in [9.17, 15) is 10.1 Å². The highest BCUT2D eigenvalue weighted by Crippen LogP contribution is 2.17. The number of rotatable bonds is 2. The van der Waals surface area contributed by atoms with Gasteiger partial charge in [-0.1, -0.05) is 12.2 Å². The lowest BCUT2D eigenvalue weighted by Gasteiger charge is -2.37. The van der Waals surface area contributed by atoms with Crippen molar-refractivity contribution < 1.29 is 9.66 Å². The Morgan fingerprint density at radius 2 is 1.84 bits per heavy atom. The average molecular weight is 280 g/mol. The zero-order valence-electron chi connectivity index (χ0n) is 10.9. The molecule has 1 heterocycles. The van der Waals surface area contributed by atoms with E-state index in [-0.39, 0.29) is 17.9 Å². The number of nitro groups is 1. The number of morpholine rings is 1. The van der Waals surface area contributed by atoms with E-state index in [2.05, 4.69) is 4.90 Å². The van der Waals surface area contributed by atoms with Crippen molar-refractivity contribution >= 4 is 22.9 Å². The molecule has 102 valence electrons. The summed E-state index contributed by atoms with van der Waals surface area (Å²) in [6, 6.07) is 6.36. The Hall–Kier alpha value is -1.53. The van der Waals surface area contributed by atoms with Crippen LogP contribution in [0.3, 0.4) is 0 Å². The number of nitro benzene ring substituents is 1. The van der Waals surface area contributed by atoms with Gasteiger partial charge in [0.2, 0.25) is 0 Å². The van der Waals surface area contributed by atoms with E-state index in [1.165, 1.54) is 12.1 Å². The summed E-state index contributed by atoms with van der Waals surface area (Å²) < 4.78 is 5.66. The van der Waals surface area contributed by atoms with Gasteiger partial charge in [0.1, 0.15) is 4.99 Å². The Balaban J connectivity index is 2.12. The molecule has 0 spiro atoms. The summed E-state index contributed by atoms with van der Waals surface area (Å²) in [5.41, 5.74) is 0.914. The van der Waals surface area contributed by atoms with E-state index in [0.717, 1.165) is 23.6 Å². The van der Waals surface area contributed by atoms with Crippen LogP contribution in [0.5, 0.6) is 0 Å². The quantitative estimate of drug-likeness (QED) is 0.473. The fourth-order valence-corrected chi connectivity index (χ4v) is 2.54. The van der Waals surface area contributed by atoms with Crippen molar-refractivity contribution in [3.05, 3.63) is 39.9 Å². The Morgan fingerprint density at radius 3 is 2.32 bits per heavy atom. The van der Waals surface area contributed by atoms with E-state index in [1.807, 2.05) is 13.8 Å². The summed E-state index contributed by atoms with van der Waals surface area (Å²) in [5, 5.41) is 10.6. The second-order valence-corrected chi connectivity index (χ2v) is 5.16. The first-order valence-electron chi connectivity index (χ1n) is 6.16. The van der Waals surface area contributed by atoms with Gasteiger partial charge in [0.25, 0.3) is 5.69 Å². The summed E-state index contributed by atoms with van der Waals surface area (Å²) in [7, 11) is 0. The molecule has 0 unspecified atom stereocenters. The number of thiocarbonyl (C=S) groups is 1. The van der Waals surface area contributed by atoms with Gasteiger partial charge in [-0.05, 0) is 26.0 Å². The summed E-state index contributed by atoms with van der Waals surface area (Å²) in [4.78, 5) is 13.0. The van der Waals surface area contributed by atoms with Crippen LogP contribution in [0, 0.1) is 10.1 Å². The molecular formula is C13H16N2O3S. The highest BCUT2D eigenvalue weighted by atomic mass is 32.1. The van der Waals surface area contributed by atoms with Crippen LogP contribution in [0.2, 0.25) is 0 Å². The lowest BCUT2D eigenvalue weighted by molar-refractivity contribution is -0.384. The van der Waals surface area contributed by atoms with Crippen molar-refractivity contribution in [3.63, 3.8) is 0 Å². The Kier molecular flexibility index (Phi) is 4.11. The third-order valence-electron chi connectivity index (χ3n) is 3.03. The molecule has 5 nitrogen and oxygen atoms in total.